The molecule has 0 bridgehead atoms. The highest BCUT2D eigenvalue weighted by Crippen LogP contribution is 2.43. The van der Waals surface area contributed by atoms with Gasteiger partial charge >= 0.3 is 0 Å². The summed E-state index contributed by atoms with van der Waals surface area (Å²) in [4.78, 5) is 97.8. The van der Waals surface area contributed by atoms with Crippen molar-refractivity contribution in [3.8, 4) is 11.5 Å². The van der Waals surface area contributed by atoms with Gasteiger partial charge in [-0.15, -0.1) is 0 Å². The molecule has 0 radical (unpaired) electrons. The third-order valence-corrected chi connectivity index (χ3v) is 12.2. The van der Waals surface area contributed by atoms with E-state index in [-0.39, 0.29) is 87.0 Å². The molecule has 0 spiro atoms. The number of hydrogen-bond acceptors (Lipinski definition) is 8. The Balaban J connectivity index is 1.28. The Kier molecular flexibility index (Phi) is 5.78. The van der Waals surface area contributed by atoms with Crippen LogP contribution in [0.5, 0.6) is 0 Å². The van der Waals surface area contributed by atoms with E-state index in [2.05, 4.69) is 15.0 Å². The minimum absolute atomic E-state index is 0.0628. The third-order valence-electron chi connectivity index (χ3n) is 12.2. The predicted octanol–water partition coefficient (Wildman–Crippen LogP) is 8.16. The van der Waals surface area contributed by atoms with Crippen molar-refractivity contribution in [2.75, 3.05) is 0 Å². The van der Waals surface area contributed by atoms with Crippen molar-refractivity contribution in [1.29, 1.82) is 0 Å². The summed E-state index contributed by atoms with van der Waals surface area (Å²) >= 11 is 0. The number of fused-ring (bicyclic) bond motifs is 18. The van der Waals surface area contributed by atoms with E-state index in [4.69, 9.17) is 4.42 Å². The highest BCUT2D eigenvalue weighted by molar-refractivity contribution is 6.39. The molecule has 3 aromatic heterocycles. The van der Waals surface area contributed by atoms with Crippen molar-refractivity contribution in [3.05, 3.63) is 177 Å². The summed E-state index contributed by atoms with van der Waals surface area (Å²) in [5, 5.41) is 4.41. The first-order valence-corrected chi connectivity index (χ1v) is 18.9. The van der Waals surface area contributed by atoms with Crippen LogP contribution >= 0.6 is 0 Å². The van der Waals surface area contributed by atoms with Gasteiger partial charge in [-0.25, -0.2) is 4.98 Å². The first-order chi connectivity index (χ1) is 28.8. The first-order valence-electron chi connectivity index (χ1n) is 18.9. The summed E-state index contributed by atoms with van der Waals surface area (Å²) in [5.41, 5.74) is 0.727. The monoisotopic (exact) mass is 763 g/mol. The van der Waals surface area contributed by atoms with Crippen molar-refractivity contribution >= 4 is 119 Å². The van der Waals surface area contributed by atoms with Crippen molar-refractivity contribution in [2.24, 2.45) is 0 Å². The zero-order valence-electron chi connectivity index (χ0n) is 30.3. The molecule has 13 aromatic rings. The molecule has 59 heavy (non-hydrogen) atoms. The Hall–Kier alpha value is -8.37. The lowest BCUT2D eigenvalue weighted by molar-refractivity contribution is 0.620. The molecular formula is C49H21N3O7. The van der Waals surface area contributed by atoms with E-state index in [0.717, 1.165) is 0 Å². The van der Waals surface area contributed by atoms with Crippen molar-refractivity contribution in [3.63, 3.8) is 0 Å². The van der Waals surface area contributed by atoms with Crippen LogP contribution in [0, 0.1) is 0 Å². The number of benzene rings is 10. The van der Waals surface area contributed by atoms with Crippen LogP contribution in [0.2, 0.25) is 0 Å². The van der Waals surface area contributed by atoms with E-state index in [1.807, 2.05) is 18.2 Å². The van der Waals surface area contributed by atoms with Gasteiger partial charge in [0.05, 0.1) is 43.6 Å². The highest BCUT2D eigenvalue weighted by Gasteiger charge is 2.27. The Morgan fingerprint density at radius 3 is 1.32 bits per heavy atom. The van der Waals surface area contributed by atoms with Crippen molar-refractivity contribution in [1.82, 2.24) is 15.0 Å². The van der Waals surface area contributed by atoms with Gasteiger partial charge in [0.2, 0.25) is 5.89 Å². The maximum absolute atomic E-state index is 15.1. The fraction of sp³-hybridized carbons (Fsp3) is 0. The van der Waals surface area contributed by atoms with Gasteiger partial charge in [-0.3, -0.25) is 28.8 Å². The van der Waals surface area contributed by atoms with Gasteiger partial charge in [0.1, 0.15) is 5.52 Å². The summed E-state index contributed by atoms with van der Waals surface area (Å²) in [7, 11) is 0. The lowest BCUT2D eigenvalue weighted by Crippen LogP contribution is -2.14. The number of hydrogen-bond donors (Lipinski definition) is 2. The normalized spacial score (nSPS) is 12.5. The number of nitrogens with zero attached hydrogens (tertiary/aromatic N) is 1. The van der Waals surface area contributed by atoms with Gasteiger partial charge in [0.25, 0.3) is 0 Å². The molecule has 0 aliphatic rings. The SMILES string of the molecule is O=c1c2ccccc2c(=O)c2c1ccc1c2[nH]c2c3c(=O)c4ccc(-c5nc6ccccc6o5)cc4c(=O)c3c3[nH]c4c(ccc5c(=O)c6ccccc6c(=O)c54)c3c12. The molecule has 0 saturated heterocycles. The average molecular weight is 764 g/mol. The molecule has 0 aliphatic heterocycles. The minimum Gasteiger partial charge on any atom is -0.436 e. The van der Waals surface area contributed by atoms with Gasteiger partial charge in [-0.1, -0.05) is 72.8 Å². The molecule has 2 N–H and O–H groups in total. The number of aromatic nitrogens is 3. The topological polar surface area (TPSA) is 160 Å². The number of para-hydroxylation sites is 2. The second-order valence-corrected chi connectivity index (χ2v) is 15.1. The van der Waals surface area contributed by atoms with E-state index in [1.165, 1.54) is 0 Å². The Morgan fingerprint density at radius 2 is 0.780 bits per heavy atom. The lowest BCUT2D eigenvalue weighted by Gasteiger charge is -2.07. The van der Waals surface area contributed by atoms with Crippen molar-refractivity contribution < 1.29 is 4.42 Å². The quantitative estimate of drug-likeness (QED) is 0.159. The largest absolute Gasteiger partial charge is 0.436 e. The molecule has 10 aromatic carbocycles. The standard InChI is InChI=1S/C49H21N3O7/c53-43-21-7-1-3-9-23(21)45(55)35-28(43)17-15-26-33-34-27-16-18-29-36(46(56)24-10-4-2-8-22(24)44(29)54)40(27)52-42(34)38-37(41(33)51-39(26)35)47(57)25-14-13-20(19-30(25)48(38)58)49-50-31-11-5-6-12-32(31)59-49/h1-19,51-52H. The summed E-state index contributed by atoms with van der Waals surface area (Å²) in [6.45, 7) is 0. The van der Waals surface area contributed by atoms with Gasteiger partial charge in [-0.05, 0) is 42.5 Å². The maximum Gasteiger partial charge on any atom is 0.227 e. The molecule has 0 saturated carbocycles. The summed E-state index contributed by atoms with van der Waals surface area (Å²) in [6.07, 6.45) is 0. The van der Waals surface area contributed by atoms with Gasteiger partial charge in [-0.2, -0.15) is 0 Å². The lowest BCUT2D eigenvalue weighted by atomic mass is 9.94. The zero-order valence-corrected chi connectivity index (χ0v) is 30.3. The first kappa shape index (κ1) is 31.8. The smallest absolute Gasteiger partial charge is 0.227 e. The molecule has 0 atom stereocenters. The zero-order chi connectivity index (χ0) is 39.6. The van der Waals surface area contributed by atoms with E-state index < -0.39 is 10.9 Å². The molecule has 0 aliphatic carbocycles. The number of aromatic amines is 2. The molecule has 0 amide bonds. The van der Waals surface area contributed by atoms with Gasteiger partial charge in [0.15, 0.2) is 38.2 Å². The molecular weight excluding hydrogens is 743 g/mol. The summed E-state index contributed by atoms with van der Waals surface area (Å²) < 4.78 is 6.03. The Bertz CT molecular complexity index is 4480. The predicted molar refractivity (Wildman–Crippen MR) is 234 cm³/mol. The third kappa shape index (κ3) is 3.82. The van der Waals surface area contributed by atoms with Crippen molar-refractivity contribution in [2.45, 2.75) is 0 Å². The van der Waals surface area contributed by atoms with E-state index in [0.29, 0.717) is 65.5 Å². The number of oxazole rings is 1. The van der Waals surface area contributed by atoms with Crippen LogP contribution in [0.3, 0.4) is 0 Å². The molecule has 10 heteroatoms. The van der Waals surface area contributed by atoms with E-state index >= 15 is 4.79 Å². The van der Waals surface area contributed by atoms with Crippen LogP contribution in [0.4, 0.5) is 0 Å². The van der Waals surface area contributed by atoms with E-state index in [1.54, 1.807) is 97.1 Å². The van der Waals surface area contributed by atoms with Crippen LogP contribution in [0.15, 0.2) is 148 Å². The maximum atomic E-state index is 15.1. The molecule has 3 heterocycles. The van der Waals surface area contributed by atoms with Gasteiger partial charge in [0, 0.05) is 70.2 Å². The summed E-state index contributed by atoms with van der Waals surface area (Å²) in [5.74, 6) is 0.280. The molecule has 274 valence electrons. The Morgan fingerprint density at radius 1 is 0.356 bits per heavy atom. The Labute approximate surface area is 325 Å². The fourth-order valence-corrected chi connectivity index (χ4v) is 9.62. The fourth-order valence-electron chi connectivity index (χ4n) is 9.62. The number of nitrogens with one attached hydrogen (secondary N) is 2. The average Bonchev–Trinajstić information content (AvgIpc) is 3.99. The second-order valence-electron chi connectivity index (χ2n) is 15.1. The van der Waals surface area contributed by atoms with Crippen LogP contribution in [-0.2, 0) is 0 Å². The van der Waals surface area contributed by atoms with Crippen LogP contribution in [0.1, 0.15) is 0 Å². The molecule has 13 rings (SSSR count). The molecule has 10 nitrogen and oxygen atoms in total. The molecule has 0 unspecified atom stereocenters. The molecule has 0 fully saturated rings. The van der Waals surface area contributed by atoms with E-state index in [9.17, 15) is 24.0 Å². The van der Waals surface area contributed by atoms with Gasteiger partial charge < -0.3 is 14.4 Å². The number of H-pyrrole nitrogens is 2. The summed E-state index contributed by atoms with van der Waals surface area (Å²) in [6, 6.07) is 32.2. The second kappa shape index (κ2) is 10.7. The number of rotatable bonds is 1. The minimum atomic E-state index is -0.464. The highest BCUT2D eigenvalue weighted by atomic mass is 16.3. The van der Waals surface area contributed by atoms with Crippen LogP contribution in [0.25, 0.3) is 131 Å². The van der Waals surface area contributed by atoms with Crippen LogP contribution < -0.4 is 32.6 Å². The van der Waals surface area contributed by atoms with Crippen LogP contribution in [-0.4, -0.2) is 15.0 Å².